The zero-order chi connectivity index (χ0) is 22.8. The van der Waals surface area contributed by atoms with Crippen molar-refractivity contribution in [1.29, 1.82) is 0 Å². The van der Waals surface area contributed by atoms with Crippen molar-refractivity contribution in [3.8, 4) is 0 Å². The second-order valence-electron chi connectivity index (χ2n) is 7.77. The summed E-state index contributed by atoms with van der Waals surface area (Å²) in [7, 11) is 0. The Labute approximate surface area is 199 Å². The number of aromatic nitrogens is 1. The summed E-state index contributed by atoms with van der Waals surface area (Å²) >= 11 is 10.0. The first-order chi connectivity index (χ1) is 15.3. The van der Waals surface area contributed by atoms with Crippen molar-refractivity contribution >= 4 is 56.0 Å². The van der Waals surface area contributed by atoms with Crippen molar-refractivity contribution in [2.75, 3.05) is 0 Å². The van der Waals surface area contributed by atoms with Gasteiger partial charge in [-0.2, -0.15) is 5.10 Å². The van der Waals surface area contributed by atoms with Crippen molar-refractivity contribution in [2.24, 2.45) is 5.10 Å². The molecule has 1 aliphatic heterocycles. The quantitative estimate of drug-likeness (QED) is 0.416. The molecular formula is C24H21BrClN3O3. The monoisotopic (exact) mass is 513 g/mol. The predicted molar refractivity (Wildman–Crippen MR) is 128 cm³/mol. The predicted octanol–water partition coefficient (Wildman–Crippen LogP) is 5.89. The highest BCUT2D eigenvalue weighted by Gasteiger charge is 2.34. The molecule has 0 aliphatic carbocycles. The molecule has 1 aliphatic rings. The van der Waals surface area contributed by atoms with Crippen molar-refractivity contribution in [2.45, 2.75) is 38.6 Å². The molecule has 1 aromatic heterocycles. The van der Waals surface area contributed by atoms with Gasteiger partial charge in [-0.25, -0.2) is 9.99 Å². The SMILES string of the molecule is Cc1cccc2cc(C3CC(c4ccc(Br)cc4)=NN3C(=O)CCCC(=O)O)c(Cl)nc12. The van der Waals surface area contributed by atoms with E-state index in [4.69, 9.17) is 16.7 Å². The molecule has 4 rings (SSSR count). The van der Waals surface area contributed by atoms with E-state index in [0.29, 0.717) is 11.6 Å². The van der Waals surface area contributed by atoms with Crippen molar-refractivity contribution in [3.05, 3.63) is 74.8 Å². The van der Waals surface area contributed by atoms with Crippen LogP contribution < -0.4 is 0 Å². The van der Waals surface area contributed by atoms with Crippen LogP contribution in [0.25, 0.3) is 10.9 Å². The molecule has 3 aromatic rings. The number of benzene rings is 2. The molecule has 164 valence electrons. The molecule has 0 bridgehead atoms. The van der Waals surface area contributed by atoms with Gasteiger partial charge in [0.1, 0.15) is 5.15 Å². The molecule has 0 saturated carbocycles. The lowest BCUT2D eigenvalue weighted by Gasteiger charge is -2.23. The Morgan fingerprint density at radius 3 is 2.66 bits per heavy atom. The van der Waals surface area contributed by atoms with Gasteiger partial charge in [-0.05, 0) is 42.7 Å². The summed E-state index contributed by atoms with van der Waals surface area (Å²) in [5.41, 5.74) is 4.27. The van der Waals surface area contributed by atoms with E-state index in [-0.39, 0.29) is 25.2 Å². The molecule has 2 aromatic carbocycles. The fourth-order valence-electron chi connectivity index (χ4n) is 3.88. The number of pyridine rings is 1. The second-order valence-corrected chi connectivity index (χ2v) is 9.05. The maximum Gasteiger partial charge on any atom is 0.303 e. The van der Waals surface area contributed by atoms with Gasteiger partial charge >= 0.3 is 5.97 Å². The third kappa shape index (κ3) is 4.69. The highest BCUT2D eigenvalue weighted by Crippen LogP contribution is 2.38. The zero-order valence-corrected chi connectivity index (χ0v) is 19.7. The molecule has 0 radical (unpaired) electrons. The van der Waals surface area contributed by atoms with Crippen molar-refractivity contribution in [1.82, 2.24) is 9.99 Å². The molecule has 1 amide bonds. The van der Waals surface area contributed by atoms with Crippen LogP contribution in [0.1, 0.15) is 48.4 Å². The van der Waals surface area contributed by atoms with Gasteiger partial charge in [-0.3, -0.25) is 9.59 Å². The summed E-state index contributed by atoms with van der Waals surface area (Å²) < 4.78 is 0.954. The Kier molecular flexibility index (Phi) is 6.58. The summed E-state index contributed by atoms with van der Waals surface area (Å²) in [5.74, 6) is -1.16. The molecule has 1 atom stereocenters. The lowest BCUT2D eigenvalue weighted by Crippen LogP contribution is -2.27. The molecule has 2 heterocycles. The number of carbonyl (C=O) groups excluding carboxylic acids is 1. The van der Waals surface area contributed by atoms with Crippen molar-refractivity contribution < 1.29 is 14.7 Å². The van der Waals surface area contributed by atoms with Crippen LogP contribution >= 0.6 is 27.5 Å². The smallest absolute Gasteiger partial charge is 0.303 e. The standard InChI is InChI=1S/C24H21BrClN3O3/c1-14-4-2-5-16-12-18(24(26)27-23(14)16)20-13-19(15-8-10-17(25)11-9-15)28-29(20)21(30)6-3-7-22(31)32/h2,4-5,8-12,20H,3,6-7,13H2,1H3,(H,31,32). The maximum absolute atomic E-state index is 13.0. The summed E-state index contributed by atoms with van der Waals surface area (Å²) in [6.45, 7) is 1.98. The number of carboxylic acids is 1. The van der Waals surface area contributed by atoms with Crippen LogP contribution in [0.5, 0.6) is 0 Å². The lowest BCUT2D eigenvalue weighted by atomic mass is 9.97. The van der Waals surface area contributed by atoms with Crippen LogP contribution in [0.4, 0.5) is 0 Å². The maximum atomic E-state index is 13.0. The molecule has 0 saturated heterocycles. The number of aryl methyl sites for hydroxylation is 1. The van der Waals surface area contributed by atoms with Gasteiger partial charge in [0.25, 0.3) is 0 Å². The third-order valence-electron chi connectivity index (χ3n) is 5.51. The van der Waals surface area contributed by atoms with Crippen LogP contribution in [-0.4, -0.2) is 32.7 Å². The molecule has 0 fully saturated rings. The number of hydrogen-bond acceptors (Lipinski definition) is 4. The Hall–Kier alpha value is -2.77. The Morgan fingerprint density at radius 2 is 1.94 bits per heavy atom. The van der Waals surface area contributed by atoms with Crippen LogP contribution in [0, 0.1) is 6.92 Å². The number of halogens is 2. The van der Waals surface area contributed by atoms with Crippen molar-refractivity contribution in [3.63, 3.8) is 0 Å². The summed E-state index contributed by atoms with van der Waals surface area (Å²) in [6, 6.07) is 15.2. The summed E-state index contributed by atoms with van der Waals surface area (Å²) in [4.78, 5) is 28.5. The first kappa shape index (κ1) is 22.4. The van der Waals surface area contributed by atoms with Gasteiger partial charge in [0.05, 0.1) is 17.3 Å². The second kappa shape index (κ2) is 9.38. The molecule has 6 nitrogen and oxygen atoms in total. The highest BCUT2D eigenvalue weighted by molar-refractivity contribution is 9.10. The number of aliphatic carboxylic acids is 1. The number of fused-ring (bicyclic) bond motifs is 1. The minimum atomic E-state index is -0.924. The number of amides is 1. The first-order valence-electron chi connectivity index (χ1n) is 10.3. The van der Waals surface area contributed by atoms with E-state index in [0.717, 1.165) is 37.8 Å². The zero-order valence-electron chi connectivity index (χ0n) is 17.4. The van der Waals surface area contributed by atoms with E-state index in [1.807, 2.05) is 55.5 Å². The van der Waals surface area contributed by atoms with Crippen LogP contribution in [0.15, 0.2) is 58.1 Å². The molecule has 32 heavy (non-hydrogen) atoms. The molecular weight excluding hydrogens is 494 g/mol. The largest absolute Gasteiger partial charge is 0.481 e. The highest BCUT2D eigenvalue weighted by atomic mass is 79.9. The topological polar surface area (TPSA) is 82.9 Å². The number of para-hydroxylation sites is 1. The van der Waals surface area contributed by atoms with Gasteiger partial charge in [-0.1, -0.05) is 57.9 Å². The number of hydrazone groups is 1. The van der Waals surface area contributed by atoms with E-state index in [2.05, 4.69) is 26.0 Å². The molecule has 1 unspecified atom stereocenters. The fraction of sp³-hybridized carbons (Fsp3) is 0.250. The average Bonchev–Trinajstić information content (AvgIpc) is 3.19. The normalized spacial score (nSPS) is 15.8. The fourth-order valence-corrected chi connectivity index (χ4v) is 4.41. The van der Waals surface area contributed by atoms with Crippen LogP contribution in [0.3, 0.4) is 0 Å². The van der Waals surface area contributed by atoms with Gasteiger partial charge < -0.3 is 5.11 Å². The van der Waals surface area contributed by atoms with Crippen LogP contribution in [-0.2, 0) is 9.59 Å². The molecule has 0 spiro atoms. The minimum absolute atomic E-state index is 0.0644. The Bertz CT molecular complexity index is 1230. The van der Waals surface area contributed by atoms with E-state index < -0.39 is 12.0 Å². The summed E-state index contributed by atoms with van der Waals surface area (Å²) in [5, 5.41) is 16.3. The van der Waals surface area contributed by atoms with Gasteiger partial charge in [0.2, 0.25) is 5.91 Å². The number of hydrogen-bond donors (Lipinski definition) is 1. The van der Waals surface area contributed by atoms with Gasteiger partial charge in [0, 0.05) is 34.7 Å². The lowest BCUT2D eigenvalue weighted by molar-refractivity contribution is -0.137. The van der Waals surface area contributed by atoms with Gasteiger partial charge in [0.15, 0.2) is 0 Å². The molecule has 8 heteroatoms. The number of nitrogens with zero attached hydrogens (tertiary/aromatic N) is 3. The van der Waals surface area contributed by atoms with E-state index in [9.17, 15) is 9.59 Å². The minimum Gasteiger partial charge on any atom is -0.481 e. The van der Waals surface area contributed by atoms with Crippen LogP contribution in [0.2, 0.25) is 5.15 Å². The van der Waals surface area contributed by atoms with Gasteiger partial charge in [-0.15, -0.1) is 0 Å². The molecule has 1 N–H and O–H groups in total. The summed E-state index contributed by atoms with van der Waals surface area (Å²) in [6.07, 6.45) is 0.775. The van der Waals surface area contributed by atoms with E-state index >= 15 is 0 Å². The first-order valence-corrected chi connectivity index (χ1v) is 11.4. The average molecular weight is 515 g/mol. The Morgan fingerprint density at radius 1 is 1.19 bits per heavy atom. The van der Waals surface area contributed by atoms with E-state index in [1.54, 1.807) is 0 Å². The number of carbonyl (C=O) groups is 2. The van der Waals surface area contributed by atoms with E-state index in [1.165, 1.54) is 5.01 Å². The number of rotatable bonds is 6. The number of carboxylic acid groups (broad SMARTS) is 1. The Balaban J connectivity index is 1.71. The third-order valence-corrected chi connectivity index (χ3v) is 6.34.